The number of carbonyl (C=O) groups is 1. The van der Waals surface area contributed by atoms with Crippen LogP contribution in [0.4, 0.5) is 0 Å². The summed E-state index contributed by atoms with van der Waals surface area (Å²) in [6, 6.07) is -0.291. The molecule has 0 aliphatic rings. The van der Waals surface area contributed by atoms with Gasteiger partial charge in [0.2, 0.25) is 5.91 Å². The van der Waals surface area contributed by atoms with E-state index in [0.717, 1.165) is 5.69 Å². The standard InChI is InChI=1S/C11H20N4O/c1-8(10(16)14-11(2,3)4)15-7-13-6-9(15)5-12/h6-8H,5,12H2,1-4H3,(H,14,16). The second-order valence-corrected chi connectivity index (χ2v) is 4.91. The first-order valence-electron chi connectivity index (χ1n) is 5.38. The summed E-state index contributed by atoms with van der Waals surface area (Å²) < 4.78 is 1.79. The monoisotopic (exact) mass is 224 g/mol. The Balaban J connectivity index is 2.78. The molecule has 1 rings (SSSR count). The smallest absolute Gasteiger partial charge is 0.243 e. The molecule has 3 N–H and O–H groups in total. The van der Waals surface area contributed by atoms with Crippen molar-refractivity contribution in [3.8, 4) is 0 Å². The van der Waals surface area contributed by atoms with Crippen LogP contribution in [0.5, 0.6) is 0 Å². The van der Waals surface area contributed by atoms with Crippen LogP contribution in [0.1, 0.15) is 39.4 Å². The lowest BCUT2D eigenvalue weighted by Crippen LogP contribution is -2.44. The van der Waals surface area contributed by atoms with E-state index in [0.29, 0.717) is 6.54 Å². The number of carbonyl (C=O) groups excluding carboxylic acids is 1. The summed E-state index contributed by atoms with van der Waals surface area (Å²) in [5.74, 6) is -0.0276. The molecule has 0 saturated carbocycles. The molecule has 1 atom stereocenters. The molecule has 0 radical (unpaired) electrons. The second-order valence-electron chi connectivity index (χ2n) is 4.91. The molecule has 0 bridgehead atoms. The van der Waals surface area contributed by atoms with Crippen LogP contribution in [0, 0.1) is 0 Å². The van der Waals surface area contributed by atoms with Gasteiger partial charge in [-0.2, -0.15) is 0 Å². The van der Waals surface area contributed by atoms with Gasteiger partial charge in [0, 0.05) is 18.3 Å². The lowest BCUT2D eigenvalue weighted by atomic mass is 10.1. The van der Waals surface area contributed by atoms with Crippen molar-refractivity contribution in [1.29, 1.82) is 0 Å². The molecular formula is C11H20N4O. The predicted octanol–water partition coefficient (Wildman–Crippen LogP) is 0.818. The van der Waals surface area contributed by atoms with Crippen molar-refractivity contribution in [2.24, 2.45) is 5.73 Å². The SMILES string of the molecule is CC(C(=O)NC(C)(C)C)n1cncc1CN. The maximum Gasteiger partial charge on any atom is 0.243 e. The average Bonchev–Trinajstić information content (AvgIpc) is 2.61. The summed E-state index contributed by atoms with van der Waals surface area (Å²) in [6.07, 6.45) is 3.32. The third-order valence-corrected chi connectivity index (χ3v) is 2.25. The van der Waals surface area contributed by atoms with Gasteiger partial charge in [-0.3, -0.25) is 4.79 Å². The van der Waals surface area contributed by atoms with Crippen molar-refractivity contribution in [3.63, 3.8) is 0 Å². The van der Waals surface area contributed by atoms with E-state index in [9.17, 15) is 4.79 Å². The Hall–Kier alpha value is -1.36. The van der Waals surface area contributed by atoms with Gasteiger partial charge in [-0.05, 0) is 27.7 Å². The third kappa shape index (κ3) is 3.06. The van der Waals surface area contributed by atoms with E-state index in [-0.39, 0.29) is 17.5 Å². The Kier molecular flexibility index (Phi) is 3.70. The number of hydrogen-bond donors (Lipinski definition) is 2. The van der Waals surface area contributed by atoms with Crippen molar-refractivity contribution >= 4 is 5.91 Å². The molecule has 16 heavy (non-hydrogen) atoms. The number of hydrogen-bond acceptors (Lipinski definition) is 3. The number of imidazole rings is 1. The molecule has 90 valence electrons. The van der Waals surface area contributed by atoms with Crippen molar-refractivity contribution in [3.05, 3.63) is 18.2 Å². The highest BCUT2D eigenvalue weighted by Gasteiger charge is 2.21. The molecule has 1 amide bonds. The molecule has 0 aliphatic carbocycles. The van der Waals surface area contributed by atoms with Crippen LogP contribution in [0.3, 0.4) is 0 Å². The van der Waals surface area contributed by atoms with Gasteiger partial charge in [0.25, 0.3) is 0 Å². The molecule has 5 nitrogen and oxygen atoms in total. The molecule has 1 aromatic heterocycles. The minimum atomic E-state index is -0.291. The highest BCUT2D eigenvalue weighted by molar-refractivity contribution is 5.80. The fraction of sp³-hybridized carbons (Fsp3) is 0.636. The Morgan fingerprint density at radius 1 is 1.62 bits per heavy atom. The minimum absolute atomic E-state index is 0.0276. The number of nitrogens with two attached hydrogens (primary N) is 1. The highest BCUT2D eigenvalue weighted by Crippen LogP contribution is 2.11. The molecule has 1 heterocycles. The summed E-state index contributed by atoms with van der Waals surface area (Å²) in [7, 11) is 0. The highest BCUT2D eigenvalue weighted by atomic mass is 16.2. The van der Waals surface area contributed by atoms with Crippen molar-refractivity contribution in [1.82, 2.24) is 14.9 Å². The van der Waals surface area contributed by atoms with Gasteiger partial charge in [0.05, 0.1) is 12.0 Å². The zero-order chi connectivity index (χ0) is 12.3. The van der Waals surface area contributed by atoms with Crippen molar-refractivity contribution in [2.45, 2.75) is 45.8 Å². The lowest BCUT2D eigenvalue weighted by molar-refractivity contribution is -0.125. The molecular weight excluding hydrogens is 204 g/mol. The minimum Gasteiger partial charge on any atom is -0.350 e. The van der Waals surface area contributed by atoms with Crippen molar-refractivity contribution in [2.75, 3.05) is 0 Å². The first-order chi connectivity index (χ1) is 7.35. The van der Waals surface area contributed by atoms with Gasteiger partial charge < -0.3 is 15.6 Å². The van der Waals surface area contributed by atoms with Gasteiger partial charge in [0.1, 0.15) is 6.04 Å². The van der Waals surface area contributed by atoms with Crippen LogP contribution in [0.25, 0.3) is 0 Å². The molecule has 5 heteroatoms. The van der Waals surface area contributed by atoms with Gasteiger partial charge in [-0.15, -0.1) is 0 Å². The molecule has 1 unspecified atom stereocenters. The number of rotatable bonds is 3. The fourth-order valence-corrected chi connectivity index (χ4v) is 1.44. The predicted molar refractivity (Wildman–Crippen MR) is 62.7 cm³/mol. The summed E-state index contributed by atoms with van der Waals surface area (Å²) in [5.41, 5.74) is 6.20. The molecule has 0 aromatic carbocycles. The van der Waals surface area contributed by atoms with E-state index in [1.54, 1.807) is 17.1 Å². The molecule has 0 spiro atoms. The van der Waals surface area contributed by atoms with Crippen LogP contribution >= 0.6 is 0 Å². The Bertz CT molecular complexity index is 364. The van der Waals surface area contributed by atoms with Crippen LogP contribution in [0.15, 0.2) is 12.5 Å². The average molecular weight is 224 g/mol. The van der Waals surface area contributed by atoms with Gasteiger partial charge in [-0.1, -0.05) is 0 Å². The van der Waals surface area contributed by atoms with E-state index in [4.69, 9.17) is 5.73 Å². The maximum atomic E-state index is 11.9. The first-order valence-corrected chi connectivity index (χ1v) is 5.38. The van der Waals surface area contributed by atoms with E-state index < -0.39 is 0 Å². The Labute approximate surface area is 96.0 Å². The fourth-order valence-electron chi connectivity index (χ4n) is 1.44. The van der Waals surface area contributed by atoms with E-state index in [1.165, 1.54) is 0 Å². The Morgan fingerprint density at radius 2 is 2.25 bits per heavy atom. The molecule has 1 aromatic rings. The third-order valence-electron chi connectivity index (χ3n) is 2.25. The van der Waals surface area contributed by atoms with Crippen LogP contribution in [0.2, 0.25) is 0 Å². The zero-order valence-electron chi connectivity index (χ0n) is 10.3. The molecule has 0 fully saturated rings. The summed E-state index contributed by atoms with van der Waals surface area (Å²) in [5, 5.41) is 2.93. The quantitative estimate of drug-likeness (QED) is 0.798. The van der Waals surface area contributed by atoms with Crippen LogP contribution < -0.4 is 11.1 Å². The van der Waals surface area contributed by atoms with Gasteiger partial charge in [0.15, 0.2) is 0 Å². The topological polar surface area (TPSA) is 72.9 Å². The lowest BCUT2D eigenvalue weighted by Gasteiger charge is -2.24. The maximum absolute atomic E-state index is 11.9. The number of aromatic nitrogens is 2. The normalized spacial score (nSPS) is 13.6. The van der Waals surface area contributed by atoms with E-state index in [1.807, 2.05) is 27.7 Å². The first kappa shape index (κ1) is 12.7. The zero-order valence-corrected chi connectivity index (χ0v) is 10.3. The summed E-state index contributed by atoms with van der Waals surface area (Å²) in [6.45, 7) is 8.08. The number of nitrogens with one attached hydrogen (secondary N) is 1. The number of amides is 1. The summed E-state index contributed by atoms with van der Waals surface area (Å²) >= 11 is 0. The van der Waals surface area contributed by atoms with Crippen LogP contribution in [-0.2, 0) is 11.3 Å². The van der Waals surface area contributed by atoms with E-state index >= 15 is 0 Å². The van der Waals surface area contributed by atoms with Gasteiger partial charge >= 0.3 is 0 Å². The Morgan fingerprint density at radius 3 is 2.75 bits per heavy atom. The number of nitrogens with zero attached hydrogens (tertiary/aromatic N) is 2. The van der Waals surface area contributed by atoms with Crippen LogP contribution in [-0.4, -0.2) is 21.0 Å². The molecule has 0 aliphatic heterocycles. The molecule has 0 saturated heterocycles. The summed E-state index contributed by atoms with van der Waals surface area (Å²) in [4.78, 5) is 15.9. The van der Waals surface area contributed by atoms with Crippen molar-refractivity contribution < 1.29 is 4.79 Å². The van der Waals surface area contributed by atoms with E-state index in [2.05, 4.69) is 10.3 Å². The second kappa shape index (κ2) is 4.65. The largest absolute Gasteiger partial charge is 0.350 e. The van der Waals surface area contributed by atoms with Gasteiger partial charge in [-0.25, -0.2) is 4.98 Å².